The zero-order chi connectivity index (χ0) is 17.2. The Morgan fingerprint density at radius 2 is 1.83 bits per heavy atom. The van der Waals surface area contributed by atoms with Gasteiger partial charge in [0.1, 0.15) is 6.33 Å². The first-order valence-corrected chi connectivity index (χ1v) is 8.38. The van der Waals surface area contributed by atoms with Crippen LogP contribution in [-0.4, -0.2) is 40.1 Å². The van der Waals surface area contributed by atoms with E-state index in [1.165, 1.54) is 24.4 Å². The van der Waals surface area contributed by atoms with E-state index in [1.807, 2.05) is 0 Å². The molecule has 2 aromatic heterocycles. The lowest BCUT2D eigenvalue weighted by atomic mass is 10.1. The Labute approximate surface area is 136 Å². The quantitative estimate of drug-likeness (QED) is 0.507. The molecule has 0 atom stereocenters. The van der Waals surface area contributed by atoms with Crippen LogP contribution in [0.15, 0.2) is 58.7 Å². The Bertz CT molecular complexity index is 976. The van der Waals surface area contributed by atoms with E-state index in [0.717, 1.165) is 6.33 Å². The topological polar surface area (TPSA) is 126 Å². The number of Topliss-reactive ketones (excluding diaryl/α,β-unsaturated/α-hetero) is 2. The molecule has 0 saturated carbocycles. The second kappa shape index (κ2) is 6.20. The number of sulfone groups is 1. The van der Waals surface area contributed by atoms with Crippen LogP contribution in [0.1, 0.15) is 16.3 Å². The third-order valence-electron chi connectivity index (χ3n) is 3.35. The molecule has 0 aliphatic carbocycles. The number of carbonyl (C=O) groups is 2. The van der Waals surface area contributed by atoms with Crippen molar-refractivity contribution in [2.75, 3.05) is 0 Å². The van der Waals surface area contributed by atoms with Gasteiger partial charge in [-0.25, -0.2) is 13.4 Å². The Balaban J connectivity index is 1.89. The molecule has 2 N–H and O–H groups in total. The third-order valence-corrected chi connectivity index (χ3v) is 5.21. The fraction of sp³-hybridized carbons (Fsp3) is 0.0667. The van der Waals surface area contributed by atoms with Gasteiger partial charge in [0.05, 0.1) is 16.2 Å². The van der Waals surface area contributed by atoms with Crippen LogP contribution >= 0.6 is 0 Å². The van der Waals surface area contributed by atoms with E-state index in [1.54, 1.807) is 18.2 Å². The molecule has 3 rings (SSSR count). The summed E-state index contributed by atoms with van der Waals surface area (Å²) >= 11 is 0. The zero-order valence-corrected chi connectivity index (χ0v) is 13.1. The van der Waals surface area contributed by atoms with Crippen LogP contribution in [0.5, 0.6) is 0 Å². The molecule has 0 unspecified atom stereocenters. The number of nitrogens with zero attached hydrogens (tertiary/aromatic N) is 2. The molecule has 0 saturated heterocycles. The highest BCUT2D eigenvalue weighted by atomic mass is 32.2. The highest BCUT2D eigenvalue weighted by Gasteiger charge is 2.26. The summed E-state index contributed by atoms with van der Waals surface area (Å²) in [6.07, 6.45) is 2.14. The molecule has 2 heterocycles. The predicted molar refractivity (Wildman–Crippen MR) is 82.1 cm³/mol. The average Bonchev–Trinajstić information content (AvgIpc) is 3.26. The van der Waals surface area contributed by atoms with Crippen LogP contribution in [-0.2, 0) is 21.1 Å². The molecular weight excluding hydrogens is 332 g/mol. The summed E-state index contributed by atoms with van der Waals surface area (Å²) in [5.41, 5.74) is 0.150. The van der Waals surface area contributed by atoms with E-state index in [9.17, 15) is 18.0 Å². The number of H-pyrrole nitrogens is 2. The SMILES string of the molecule is O=C(Cc1[nH]ccc1S(=O)(=O)c1ccccc1)C(=O)c1ncn[nH]1. The third kappa shape index (κ3) is 2.88. The van der Waals surface area contributed by atoms with Gasteiger partial charge in [-0.15, -0.1) is 0 Å². The van der Waals surface area contributed by atoms with E-state index in [4.69, 9.17) is 0 Å². The lowest BCUT2D eigenvalue weighted by molar-refractivity contribution is -0.114. The minimum Gasteiger partial charge on any atom is -0.364 e. The summed E-state index contributed by atoms with van der Waals surface area (Å²) in [4.78, 5) is 30.4. The number of nitrogens with one attached hydrogen (secondary N) is 2. The number of hydrogen-bond donors (Lipinski definition) is 2. The molecule has 0 radical (unpaired) electrons. The zero-order valence-electron chi connectivity index (χ0n) is 12.3. The van der Waals surface area contributed by atoms with Gasteiger partial charge in [-0.3, -0.25) is 14.7 Å². The number of aromatic amines is 2. The fourth-order valence-electron chi connectivity index (χ4n) is 2.19. The van der Waals surface area contributed by atoms with Gasteiger partial charge in [-0.1, -0.05) is 18.2 Å². The Morgan fingerprint density at radius 1 is 1.08 bits per heavy atom. The Hall–Kier alpha value is -3.07. The summed E-state index contributed by atoms with van der Waals surface area (Å²) < 4.78 is 25.3. The van der Waals surface area contributed by atoms with Crippen molar-refractivity contribution in [2.24, 2.45) is 0 Å². The first-order valence-electron chi connectivity index (χ1n) is 6.89. The summed E-state index contributed by atoms with van der Waals surface area (Å²) in [6.45, 7) is 0. The van der Waals surface area contributed by atoms with E-state index < -0.39 is 21.4 Å². The average molecular weight is 344 g/mol. The van der Waals surface area contributed by atoms with Crippen LogP contribution < -0.4 is 0 Å². The molecule has 24 heavy (non-hydrogen) atoms. The smallest absolute Gasteiger partial charge is 0.265 e. The van der Waals surface area contributed by atoms with Crippen molar-refractivity contribution in [3.05, 3.63) is 60.4 Å². The number of hydrogen-bond acceptors (Lipinski definition) is 6. The standard InChI is InChI=1S/C15H12N4O4S/c20-12(14(21)15-17-9-18-19-15)8-11-13(6-7-16-11)24(22,23)10-4-2-1-3-5-10/h1-7,9,16H,8H2,(H,17,18,19). The van der Waals surface area contributed by atoms with Crippen molar-refractivity contribution in [3.8, 4) is 0 Å². The van der Waals surface area contributed by atoms with Crippen molar-refractivity contribution in [1.82, 2.24) is 20.2 Å². The van der Waals surface area contributed by atoms with Crippen LogP contribution in [0.2, 0.25) is 0 Å². The molecule has 0 aliphatic rings. The molecule has 0 bridgehead atoms. The van der Waals surface area contributed by atoms with Crippen LogP contribution in [0.3, 0.4) is 0 Å². The van der Waals surface area contributed by atoms with Gasteiger partial charge in [0, 0.05) is 11.9 Å². The summed E-state index contributed by atoms with van der Waals surface area (Å²) in [5, 5.41) is 5.81. The monoisotopic (exact) mass is 344 g/mol. The predicted octanol–water partition coefficient (Wildman–Crippen LogP) is 0.960. The molecule has 122 valence electrons. The second-order valence-electron chi connectivity index (χ2n) is 4.90. The van der Waals surface area contributed by atoms with Gasteiger partial charge in [0.25, 0.3) is 5.78 Å². The second-order valence-corrected chi connectivity index (χ2v) is 6.82. The minimum absolute atomic E-state index is 0.0348. The van der Waals surface area contributed by atoms with E-state index in [0.29, 0.717) is 0 Å². The molecule has 9 heteroatoms. The van der Waals surface area contributed by atoms with Gasteiger partial charge in [-0.05, 0) is 18.2 Å². The first-order chi connectivity index (χ1) is 11.5. The Kier molecular flexibility index (Phi) is 4.09. The van der Waals surface area contributed by atoms with Crippen molar-refractivity contribution in [3.63, 3.8) is 0 Å². The number of aromatic nitrogens is 4. The van der Waals surface area contributed by atoms with Crippen molar-refractivity contribution in [1.29, 1.82) is 0 Å². The normalized spacial score (nSPS) is 11.3. The van der Waals surface area contributed by atoms with Crippen molar-refractivity contribution in [2.45, 2.75) is 16.2 Å². The number of rotatable bonds is 6. The molecule has 1 aromatic carbocycles. The maximum absolute atomic E-state index is 12.7. The maximum Gasteiger partial charge on any atom is 0.265 e. The lowest BCUT2D eigenvalue weighted by Gasteiger charge is -2.05. The van der Waals surface area contributed by atoms with Gasteiger partial charge in [-0.2, -0.15) is 5.10 Å². The van der Waals surface area contributed by atoms with Crippen molar-refractivity contribution < 1.29 is 18.0 Å². The van der Waals surface area contributed by atoms with Gasteiger partial charge < -0.3 is 4.98 Å². The molecule has 0 aliphatic heterocycles. The first kappa shape index (κ1) is 15.8. The highest BCUT2D eigenvalue weighted by molar-refractivity contribution is 7.91. The molecule has 0 amide bonds. The lowest BCUT2D eigenvalue weighted by Crippen LogP contribution is -2.19. The number of benzene rings is 1. The molecule has 3 aromatic rings. The van der Waals surface area contributed by atoms with Gasteiger partial charge >= 0.3 is 0 Å². The molecule has 0 spiro atoms. The molecular formula is C15H12N4O4S. The van der Waals surface area contributed by atoms with Gasteiger partial charge in [0.15, 0.2) is 5.82 Å². The van der Waals surface area contributed by atoms with Crippen molar-refractivity contribution >= 4 is 21.4 Å². The van der Waals surface area contributed by atoms with E-state index >= 15 is 0 Å². The largest absolute Gasteiger partial charge is 0.364 e. The summed E-state index contributed by atoms with van der Waals surface area (Å²) in [6, 6.07) is 9.22. The molecule has 8 nitrogen and oxygen atoms in total. The van der Waals surface area contributed by atoms with E-state index in [-0.39, 0.29) is 27.7 Å². The minimum atomic E-state index is -3.78. The van der Waals surface area contributed by atoms with Crippen LogP contribution in [0, 0.1) is 0 Å². The van der Waals surface area contributed by atoms with Crippen LogP contribution in [0.4, 0.5) is 0 Å². The Morgan fingerprint density at radius 3 is 2.50 bits per heavy atom. The highest BCUT2D eigenvalue weighted by Crippen LogP contribution is 2.24. The van der Waals surface area contributed by atoms with Crippen LogP contribution in [0.25, 0.3) is 0 Å². The summed E-state index contributed by atoms with van der Waals surface area (Å²) in [7, 11) is -3.78. The van der Waals surface area contributed by atoms with Gasteiger partial charge in [0.2, 0.25) is 15.6 Å². The fourth-order valence-corrected chi connectivity index (χ4v) is 3.67. The number of carbonyl (C=O) groups excluding carboxylic acids is 2. The maximum atomic E-state index is 12.7. The van der Waals surface area contributed by atoms with E-state index in [2.05, 4.69) is 20.2 Å². The number of ketones is 2. The molecule has 0 fully saturated rings. The summed E-state index contributed by atoms with van der Waals surface area (Å²) in [5.74, 6) is -1.83.